The Hall–Kier alpha value is -0.510. The molecule has 0 aromatic heterocycles. The fourth-order valence-electron chi connectivity index (χ4n) is 2.46. The number of carbonyl (C=O) groups is 1. The molecule has 1 fully saturated rings. The maximum absolute atomic E-state index is 12.0. The van der Waals surface area contributed by atoms with Crippen LogP contribution >= 0.6 is 15.9 Å². The SMILES string of the molecule is C=CCCCC(Br)C1CCN(C(=O)OC(C)(C)C)CC1. The van der Waals surface area contributed by atoms with Crippen LogP contribution in [0.1, 0.15) is 52.9 Å². The number of likely N-dealkylation sites (tertiary alicyclic amines) is 1. The molecule has 0 aromatic carbocycles. The summed E-state index contributed by atoms with van der Waals surface area (Å²) in [6.07, 6.45) is 7.37. The second-order valence-corrected chi connectivity index (χ2v) is 7.72. The van der Waals surface area contributed by atoms with Gasteiger partial charge >= 0.3 is 6.09 Å². The van der Waals surface area contributed by atoms with Gasteiger partial charge in [0.15, 0.2) is 0 Å². The number of allylic oxidation sites excluding steroid dienone is 1. The van der Waals surface area contributed by atoms with Gasteiger partial charge in [0.25, 0.3) is 0 Å². The molecule has 1 atom stereocenters. The fourth-order valence-corrected chi connectivity index (χ4v) is 3.32. The molecule has 20 heavy (non-hydrogen) atoms. The number of hydrogen-bond donors (Lipinski definition) is 0. The van der Waals surface area contributed by atoms with Crippen molar-refractivity contribution in [1.82, 2.24) is 4.90 Å². The number of ether oxygens (including phenoxy) is 1. The largest absolute Gasteiger partial charge is 0.444 e. The van der Waals surface area contributed by atoms with E-state index in [-0.39, 0.29) is 6.09 Å². The Kier molecular flexibility index (Phi) is 7.07. The van der Waals surface area contributed by atoms with Crippen molar-refractivity contribution in [1.29, 1.82) is 0 Å². The lowest BCUT2D eigenvalue weighted by Crippen LogP contribution is -2.43. The van der Waals surface area contributed by atoms with Gasteiger partial charge in [0.2, 0.25) is 0 Å². The van der Waals surface area contributed by atoms with Crippen LogP contribution in [0.25, 0.3) is 0 Å². The van der Waals surface area contributed by atoms with E-state index in [0.29, 0.717) is 10.7 Å². The van der Waals surface area contributed by atoms with Crippen molar-refractivity contribution in [2.75, 3.05) is 13.1 Å². The average molecular weight is 346 g/mol. The number of unbranched alkanes of at least 4 members (excludes halogenated alkanes) is 1. The Morgan fingerprint density at radius 2 is 2.05 bits per heavy atom. The number of nitrogens with zero attached hydrogens (tertiary/aromatic N) is 1. The summed E-state index contributed by atoms with van der Waals surface area (Å²) in [4.78, 5) is 14.4. The van der Waals surface area contributed by atoms with Crippen LogP contribution in [0, 0.1) is 5.92 Å². The Morgan fingerprint density at radius 3 is 2.55 bits per heavy atom. The molecule has 4 heteroatoms. The number of piperidine rings is 1. The number of amides is 1. The molecular weight excluding hydrogens is 318 g/mol. The first-order chi connectivity index (χ1) is 9.33. The zero-order valence-electron chi connectivity index (χ0n) is 13.0. The Morgan fingerprint density at radius 1 is 1.45 bits per heavy atom. The number of rotatable bonds is 5. The quantitative estimate of drug-likeness (QED) is 0.408. The van der Waals surface area contributed by atoms with Gasteiger partial charge in [-0.15, -0.1) is 6.58 Å². The summed E-state index contributed by atoms with van der Waals surface area (Å²) in [6, 6.07) is 0. The molecule has 0 aromatic rings. The Bertz CT molecular complexity index is 317. The van der Waals surface area contributed by atoms with E-state index in [1.807, 2.05) is 31.7 Å². The number of alkyl halides is 1. The maximum atomic E-state index is 12.0. The van der Waals surface area contributed by atoms with Crippen LogP contribution in [0.15, 0.2) is 12.7 Å². The van der Waals surface area contributed by atoms with Crippen molar-refractivity contribution in [2.24, 2.45) is 5.92 Å². The van der Waals surface area contributed by atoms with E-state index in [1.54, 1.807) is 0 Å². The highest BCUT2D eigenvalue weighted by atomic mass is 79.9. The molecule has 1 amide bonds. The van der Waals surface area contributed by atoms with Gasteiger partial charge in [0, 0.05) is 17.9 Å². The van der Waals surface area contributed by atoms with Crippen molar-refractivity contribution < 1.29 is 9.53 Å². The Labute approximate surface area is 131 Å². The minimum Gasteiger partial charge on any atom is -0.444 e. The molecule has 0 bridgehead atoms. The Balaban J connectivity index is 2.32. The van der Waals surface area contributed by atoms with Gasteiger partial charge in [0.1, 0.15) is 5.60 Å². The van der Waals surface area contributed by atoms with Crippen LogP contribution in [0.2, 0.25) is 0 Å². The highest BCUT2D eigenvalue weighted by molar-refractivity contribution is 9.09. The van der Waals surface area contributed by atoms with E-state index in [4.69, 9.17) is 4.74 Å². The smallest absolute Gasteiger partial charge is 0.410 e. The lowest BCUT2D eigenvalue weighted by atomic mass is 9.91. The van der Waals surface area contributed by atoms with Crippen LogP contribution in [0.5, 0.6) is 0 Å². The van der Waals surface area contributed by atoms with Crippen LogP contribution in [-0.2, 0) is 4.74 Å². The monoisotopic (exact) mass is 345 g/mol. The molecule has 1 heterocycles. The van der Waals surface area contributed by atoms with Crippen molar-refractivity contribution in [3.8, 4) is 0 Å². The summed E-state index contributed by atoms with van der Waals surface area (Å²) in [5.41, 5.74) is -0.406. The van der Waals surface area contributed by atoms with Gasteiger partial charge < -0.3 is 9.64 Å². The molecule has 1 unspecified atom stereocenters. The van der Waals surface area contributed by atoms with Gasteiger partial charge in [-0.2, -0.15) is 0 Å². The molecule has 116 valence electrons. The third-order valence-corrected chi connectivity index (χ3v) is 4.80. The van der Waals surface area contributed by atoms with E-state index < -0.39 is 5.60 Å². The second-order valence-electron chi connectivity index (χ2n) is 6.54. The van der Waals surface area contributed by atoms with Gasteiger partial charge in [-0.1, -0.05) is 22.0 Å². The van der Waals surface area contributed by atoms with Gasteiger partial charge in [-0.25, -0.2) is 4.79 Å². The van der Waals surface area contributed by atoms with Crippen molar-refractivity contribution in [3.63, 3.8) is 0 Å². The first kappa shape index (κ1) is 17.5. The predicted octanol–water partition coefficient (Wildman–Crippen LogP) is 4.75. The minimum absolute atomic E-state index is 0.172. The number of hydrogen-bond acceptors (Lipinski definition) is 2. The summed E-state index contributed by atoms with van der Waals surface area (Å²) >= 11 is 3.81. The third-order valence-electron chi connectivity index (χ3n) is 3.59. The van der Waals surface area contributed by atoms with E-state index in [2.05, 4.69) is 22.5 Å². The molecule has 0 saturated carbocycles. The summed E-state index contributed by atoms with van der Waals surface area (Å²) in [7, 11) is 0. The molecular formula is C16H28BrNO2. The topological polar surface area (TPSA) is 29.5 Å². The standard InChI is InChI=1S/C16H28BrNO2/c1-5-6-7-8-14(17)13-9-11-18(12-10-13)15(19)20-16(2,3)4/h5,13-14H,1,6-12H2,2-4H3. The molecule has 1 aliphatic rings. The molecule has 0 aliphatic carbocycles. The lowest BCUT2D eigenvalue weighted by molar-refractivity contribution is 0.0183. The highest BCUT2D eigenvalue weighted by Crippen LogP contribution is 2.29. The molecule has 0 spiro atoms. The lowest BCUT2D eigenvalue weighted by Gasteiger charge is -2.35. The first-order valence-electron chi connectivity index (χ1n) is 7.56. The highest BCUT2D eigenvalue weighted by Gasteiger charge is 2.29. The average Bonchev–Trinajstić information content (AvgIpc) is 2.37. The normalized spacial score (nSPS) is 18.7. The van der Waals surface area contributed by atoms with Crippen LogP contribution in [-0.4, -0.2) is 34.5 Å². The molecule has 1 aliphatic heterocycles. The molecule has 0 N–H and O–H groups in total. The van der Waals surface area contributed by atoms with Crippen molar-refractivity contribution >= 4 is 22.0 Å². The zero-order chi connectivity index (χ0) is 15.2. The van der Waals surface area contributed by atoms with E-state index in [1.165, 1.54) is 12.8 Å². The fraction of sp³-hybridized carbons (Fsp3) is 0.812. The third kappa shape index (κ3) is 6.29. The molecule has 3 nitrogen and oxygen atoms in total. The minimum atomic E-state index is -0.406. The molecule has 1 saturated heterocycles. The van der Waals surface area contributed by atoms with Crippen LogP contribution < -0.4 is 0 Å². The van der Waals surface area contributed by atoms with Gasteiger partial charge in [0.05, 0.1) is 0 Å². The van der Waals surface area contributed by atoms with Crippen LogP contribution in [0.3, 0.4) is 0 Å². The van der Waals surface area contributed by atoms with E-state index in [0.717, 1.165) is 32.4 Å². The summed E-state index contributed by atoms with van der Waals surface area (Å²) in [6.45, 7) is 11.1. The number of halogens is 1. The van der Waals surface area contributed by atoms with Crippen molar-refractivity contribution in [3.05, 3.63) is 12.7 Å². The maximum Gasteiger partial charge on any atom is 0.410 e. The summed E-state index contributed by atoms with van der Waals surface area (Å²) in [5.74, 6) is 0.665. The van der Waals surface area contributed by atoms with E-state index in [9.17, 15) is 4.79 Å². The van der Waals surface area contributed by atoms with Crippen molar-refractivity contribution in [2.45, 2.75) is 63.3 Å². The zero-order valence-corrected chi connectivity index (χ0v) is 14.6. The molecule has 0 radical (unpaired) electrons. The second kappa shape index (κ2) is 8.06. The number of carbonyl (C=O) groups excluding carboxylic acids is 1. The summed E-state index contributed by atoms with van der Waals surface area (Å²) in [5, 5.41) is 0. The van der Waals surface area contributed by atoms with E-state index >= 15 is 0 Å². The van der Waals surface area contributed by atoms with Gasteiger partial charge in [-0.3, -0.25) is 0 Å². The van der Waals surface area contributed by atoms with Crippen LogP contribution in [0.4, 0.5) is 4.79 Å². The predicted molar refractivity (Wildman–Crippen MR) is 87.3 cm³/mol. The first-order valence-corrected chi connectivity index (χ1v) is 8.48. The summed E-state index contributed by atoms with van der Waals surface area (Å²) < 4.78 is 5.42. The molecule has 1 rings (SSSR count). The van der Waals surface area contributed by atoms with Gasteiger partial charge in [-0.05, 0) is 58.8 Å².